The number of halogens is 3. The van der Waals surface area contributed by atoms with E-state index in [1.54, 1.807) is 19.1 Å². The van der Waals surface area contributed by atoms with Gasteiger partial charge in [0.2, 0.25) is 5.91 Å². The van der Waals surface area contributed by atoms with Gasteiger partial charge < -0.3 is 15.8 Å². The quantitative estimate of drug-likeness (QED) is 0.804. The molecule has 1 atom stereocenters. The van der Waals surface area contributed by atoms with Gasteiger partial charge >= 0.3 is 6.18 Å². The first-order valence-electron chi connectivity index (χ1n) is 7.66. The van der Waals surface area contributed by atoms with Gasteiger partial charge in [0, 0.05) is 6.54 Å². The molecule has 4 nitrogen and oxygen atoms in total. The van der Waals surface area contributed by atoms with Crippen molar-refractivity contribution >= 4 is 5.91 Å². The van der Waals surface area contributed by atoms with Gasteiger partial charge in [-0.1, -0.05) is 24.3 Å². The van der Waals surface area contributed by atoms with Gasteiger partial charge in [0.15, 0.2) is 0 Å². The van der Waals surface area contributed by atoms with Gasteiger partial charge in [-0.25, -0.2) is 0 Å². The summed E-state index contributed by atoms with van der Waals surface area (Å²) in [6.07, 6.45) is -4.34. The molecule has 2 rings (SSSR count). The van der Waals surface area contributed by atoms with Crippen LogP contribution in [-0.2, 0) is 24.1 Å². The number of carbonyl (C=O) groups is 1. The zero-order valence-corrected chi connectivity index (χ0v) is 13.6. The fourth-order valence-electron chi connectivity index (χ4n) is 2.03. The molecule has 0 aliphatic carbocycles. The monoisotopic (exact) mass is 352 g/mol. The Bertz CT molecular complexity index is 698. The van der Waals surface area contributed by atoms with Crippen LogP contribution in [-0.4, -0.2) is 11.9 Å². The highest BCUT2D eigenvalue weighted by atomic mass is 19.4. The van der Waals surface area contributed by atoms with Crippen molar-refractivity contribution in [3.05, 3.63) is 65.2 Å². The second-order valence-electron chi connectivity index (χ2n) is 5.63. The summed E-state index contributed by atoms with van der Waals surface area (Å²) in [7, 11) is 0. The number of nitrogens with one attached hydrogen (secondary N) is 1. The highest BCUT2D eigenvalue weighted by molar-refractivity contribution is 5.79. The predicted octanol–water partition coefficient (Wildman–Crippen LogP) is 3.25. The first-order chi connectivity index (χ1) is 11.8. The SMILES string of the molecule is CC(NCc1ccc(OCc2ccc(C(F)(F)F)cc2)cc1)C(N)=O. The minimum atomic E-state index is -4.34. The molecule has 0 saturated carbocycles. The highest BCUT2D eigenvalue weighted by Gasteiger charge is 2.29. The van der Waals surface area contributed by atoms with E-state index in [1.807, 2.05) is 12.1 Å². The lowest BCUT2D eigenvalue weighted by Crippen LogP contribution is -2.38. The van der Waals surface area contributed by atoms with Crippen molar-refractivity contribution in [1.29, 1.82) is 0 Å². The van der Waals surface area contributed by atoms with Gasteiger partial charge in [-0.2, -0.15) is 13.2 Å². The molecule has 2 aromatic rings. The van der Waals surface area contributed by atoms with Crippen molar-refractivity contribution in [3.8, 4) is 5.75 Å². The van der Waals surface area contributed by atoms with Crippen LogP contribution in [0.4, 0.5) is 13.2 Å². The molecule has 0 saturated heterocycles. The average molecular weight is 352 g/mol. The van der Waals surface area contributed by atoms with Gasteiger partial charge in [0.1, 0.15) is 12.4 Å². The van der Waals surface area contributed by atoms with E-state index in [9.17, 15) is 18.0 Å². The zero-order chi connectivity index (χ0) is 18.4. The number of alkyl halides is 3. The van der Waals surface area contributed by atoms with Crippen molar-refractivity contribution in [2.24, 2.45) is 5.73 Å². The number of ether oxygens (including phenoxy) is 1. The summed E-state index contributed by atoms with van der Waals surface area (Å²) in [5.74, 6) is 0.183. The molecule has 1 unspecified atom stereocenters. The molecule has 0 aliphatic rings. The number of primary amides is 1. The van der Waals surface area contributed by atoms with Crippen LogP contribution in [0, 0.1) is 0 Å². The second kappa shape index (κ2) is 8.02. The van der Waals surface area contributed by atoms with Crippen molar-refractivity contribution in [2.75, 3.05) is 0 Å². The Morgan fingerprint density at radius 2 is 1.64 bits per heavy atom. The van der Waals surface area contributed by atoms with E-state index in [0.717, 1.165) is 17.7 Å². The number of hydrogen-bond acceptors (Lipinski definition) is 3. The second-order valence-corrected chi connectivity index (χ2v) is 5.63. The van der Waals surface area contributed by atoms with Crippen LogP contribution in [0.1, 0.15) is 23.6 Å². The summed E-state index contributed by atoms with van der Waals surface area (Å²) < 4.78 is 43.1. The number of rotatable bonds is 7. The number of carbonyl (C=O) groups excluding carboxylic acids is 1. The average Bonchev–Trinajstić information content (AvgIpc) is 2.58. The van der Waals surface area contributed by atoms with E-state index < -0.39 is 23.7 Å². The lowest BCUT2D eigenvalue weighted by molar-refractivity contribution is -0.137. The van der Waals surface area contributed by atoms with Crippen LogP contribution in [0.2, 0.25) is 0 Å². The van der Waals surface area contributed by atoms with Crippen LogP contribution < -0.4 is 15.8 Å². The Kier molecular flexibility index (Phi) is 6.03. The van der Waals surface area contributed by atoms with E-state index in [-0.39, 0.29) is 6.61 Å². The topological polar surface area (TPSA) is 64.3 Å². The number of benzene rings is 2. The van der Waals surface area contributed by atoms with Crippen LogP contribution in [0.3, 0.4) is 0 Å². The third-order valence-corrected chi connectivity index (χ3v) is 3.65. The summed E-state index contributed by atoms with van der Waals surface area (Å²) in [6, 6.07) is 11.6. The molecule has 0 radical (unpaired) electrons. The minimum Gasteiger partial charge on any atom is -0.489 e. The number of amides is 1. The molecule has 2 aromatic carbocycles. The third kappa shape index (κ3) is 5.79. The van der Waals surface area contributed by atoms with Gasteiger partial charge in [-0.05, 0) is 42.3 Å². The van der Waals surface area contributed by atoms with Crippen LogP contribution in [0.15, 0.2) is 48.5 Å². The predicted molar refractivity (Wildman–Crippen MR) is 87.7 cm³/mol. The smallest absolute Gasteiger partial charge is 0.416 e. The lowest BCUT2D eigenvalue weighted by Gasteiger charge is -2.11. The molecule has 0 aliphatic heterocycles. The molecule has 0 heterocycles. The fourth-order valence-corrected chi connectivity index (χ4v) is 2.03. The molecule has 0 spiro atoms. The van der Waals surface area contributed by atoms with Gasteiger partial charge in [-0.15, -0.1) is 0 Å². The Hall–Kier alpha value is -2.54. The Morgan fingerprint density at radius 1 is 1.08 bits per heavy atom. The lowest BCUT2D eigenvalue weighted by atomic mass is 10.1. The van der Waals surface area contributed by atoms with E-state index in [1.165, 1.54) is 12.1 Å². The van der Waals surface area contributed by atoms with Crippen molar-refractivity contribution in [1.82, 2.24) is 5.32 Å². The van der Waals surface area contributed by atoms with E-state index in [4.69, 9.17) is 10.5 Å². The molecule has 0 fully saturated rings. The summed E-state index contributed by atoms with van der Waals surface area (Å²) in [4.78, 5) is 10.9. The van der Waals surface area contributed by atoms with Crippen LogP contribution in [0.25, 0.3) is 0 Å². The van der Waals surface area contributed by atoms with Crippen molar-refractivity contribution in [3.63, 3.8) is 0 Å². The van der Waals surface area contributed by atoms with Gasteiger partial charge in [-0.3, -0.25) is 4.79 Å². The maximum absolute atomic E-state index is 12.5. The zero-order valence-electron chi connectivity index (χ0n) is 13.6. The first kappa shape index (κ1) is 18.8. The molecule has 0 aromatic heterocycles. The van der Waals surface area contributed by atoms with Crippen molar-refractivity contribution in [2.45, 2.75) is 32.3 Å². The summed E-state index contributed by atoms with van der Waals surface area (Å²) in [5, 5.41) is 2.99. The van der Waals surface area contributed by atoms with Crippen LogP contribution >= 0.6 is 0 Å². The molecule has 7 heteroatoms. The molecule has 25 heavy (non-hydrogen) atoms. The maximum atomic E-state index is 12.5. The summed E-state index contributed by atoms with van der Waals surface area (Å²) >= 11 is 0. The summed E-state index contributed by atoms with van der Waals surface area (Å²) in [5.41, 5.74) is 6.09. The van der Waals surface area contributed by atoms with E-state index in [0.29, 0.717) is 17.9 Å². The largest absolute Gasteiger partial charge is 0.489 e. The Labute approximate surface area is 143 Å². The molecule has 0 bridgehead atoms. The number of nitrogens with two attached hydrogens (primary N) is 1. The molecule has 3 N–H and O–H groups in total. The van der Waals surface area contributed by atoms with Crippen LogP contribution in [0.5, 0.6) is 5.75 Å². The van der Waals surface area contributed by atoms with Gasteiger partial charge in [0.25, 0.3) is 0 Å². The van der Waals surface area contributed by atoms with Crippen molar-refractivity contribution < 1.29 is 22.7 Å². The molecular weight excluding hydrogens is 333 g/mol. The maximum Gasteiger partial charge on any atom is 0.416 e. The normalized spacial score (nSPS) is 12.6. The number of hydrogen-bond donors (Lipinski definition) is 2. The standard InChI is InChI=1S/C18H19F3N2O2/c1-12(17(22)24)23-10-13-4-8-16(9-5-13)25-11-14-2-6-15(7-3-14)18(19,20)21/h2-9,12,23H,10-11H2,1H3,(H2,22,24). The molecular formula is C18H19F3N2O2. The fraction of sp³-hybridized carbons (Fsp3) is 0.278. The highest BCUT2D eigenvalue weighted by Crippen LogP contribution is 2.29. The molecule has 1 amide bonds. The first-order valence-corrected chi connectivity index (χ1v) is 7.66. The third-order valence-electron chi connectivity index (χ3n) is 3.65. The van der Waals surface area contributed by atoms with E-state index in [2.05, 4.69) is 5.32 Å². The van der Waals surface area contributed by atoms with E-state index >= 15 is 0 Å². The Balaban J connectivity index is 1.86. The van der Waals surface area contributed by atoms with Gasteiger partial charge in [0.05, 0.1) is 11.6 Å². The Morgan fingerprint density at radius 3 is 2.16 bits per heavy atom. The molecule has 134 valence electrons. The summed E-state index contributed by atoms with van der Waals surface area (Å²) in [6.45, 7) is 2.35. The minimum absolute atomic E-state index is 0.175.